The highest BCUT2D eigenvalue weighted by atomic mass is 14.2. The van der Waals surface area contributed by atoms with Gasteiger partial charge in [-0.1, -0.05) is 124 Å². The van der Waals surface area contributed by atoms with E-state index in [0.717, 1.165) is 17.8 Å². The average molecular weight is 333 g/mol. The molecule has 0 unspecified atom stereocenters. The van der Waals surface area contributed by atoms with E-state index < -0.39 is 0 Å². The monoisotopic (exact) mass is 332 g/mol. The number of hydrogen-bond acceptors (Lipinski definition) is 0. The fourth-order valence-electron chi connectivity index (χ4n) is 3.56. The van der Waals surface area contributed by atoms with Gasteiger partial charge in [0.15, 0.2) is 0 Å². The summed E-state index contributed by atoms with van der Waals surface area (Å²) in [6.07, 6.45) is 19.0. The summed E-state index contributed by atoms with van der Waals surface area (Å²) in [5.74, 6) is 3.59. The number of hydrogen-bond donors (Lipinski definition) is 0. The first kappa shape index (κ1) is 23.2. The number of rotatable bonds is 4. The van der Waals surface area contributed by atoms with Crippen molar-refractivity contribution < 1.29 is 0 Å². The second-order valence-electron chi connectivity index (χ2n) is 8.29. The van der Waals surface area contributed by atoms with Crippen molar-refractivity contribution in [3.8, 4) is 0 Å². The summed E-state index contributed by atoms with van der Waals surface area (Å²) < 4.78 is 0. The Morgan fingerprint density at radius 1 is 0.833 bits per heavy atom. The maximum Gasteiger partial charge on any atom is -0.0219 e. The molecule has 2 fully saturated rings. The zero-order valence-corrected chi connectivity index (χ0v) is 17.3. The Bertz CT molecular complexity index is 333. The van der Waals surface area contributed by atoms with Crippen LogP contribution in [-0.4, -0.2) is 0 Å². The Morgan fingerprint density at radius 2 is 1.33 bits per heavy atom. The summed E-state index contributed by atoms with van der Waals surface area (Å²) in [4.78, 5) is 0. The Hall–Kier alpha value is -0.780. The van der Waals surface area contributed by atoms with Gasteiger partial charge in [0.05, 0.1) is 0 Å². The van der Waals surface area contributed by atoms with E-state index in [-0.39, 0.29) is 0 Å². The van der Waals surface area contributed by atoms with Crippen molar-refractivity contribution in [2.24, 2.45) is 23.7 Å². The van der Waals surface area contributed by atoms with Crippen LogP contribution in [0.2, 0.25) is 0 Å². The predicted octanol–water partition coefficient (Wildman–Crippen LogP) is 8.36. The smallest absolute Gasteiger partial charge is 0.0219 e. The van der Waals surface area contributed by atoms with E-state index >= 15 is 0 Å². The van der Waals surface area contributed by atoms with Crippen LogP contribution in [0, 0.1) is 23.7 Å². The van der Waals surface area contributed by atoms with E-state index in [4.69, 9.17) is 0 Å². The highest BCUT2D eigenvalue weighted by Gasteiger charge is 2.15. The zero-order chi connectivity index (χ0) is 18.4. The molecule has 140 valence electrons. The van der Waals surface area contributed by atoms with Crippen LogP contribution in [0.5, 0.6) is 0 Å². The molecule has 24 heavy (non-hydrogen) atoms. The third kappa shape index (κ3) is 11.7. The predicted molar refractivity (Wildman–Crippen MR) is 112 cm³/mol. The van der Waals surface area contributed by atoms with Crippen molar-refractivity contribution in [3.63, 3.8) is 0 Å². The quantitative estimate of drug-likeness (QED) is 0.454. The minimum absolute atomic E-state index is 0.556. The molecule has 0 bridgehead atoms. The first-order valence-corrected chi connectivity index (χ1v) is 10.4. The average Bonchev–Trinajstić information content (AvgIpc) is 3.05. The topological polar surface area (TPSA) is 0 Å². The molecule has 2 rings (SSSR count). The second kappa shape index (κ2) is 14.6. The molecule has 0 N–H and O–H groups in total. The van der Waals surface area contributed by atoms with Crippen molar-refractivity contribution in [2.45, 2.75) is 92.4 Å². The summed E-state index contributed by atoms with van der Waals surface area (Å²) in [6, 6.07) is 0. The van der Waals surface area contributed by atoms with Gasteiger partial charge in [-0.15, -0.1) is 0 Å². The van der Waals surface area contributed by atoms with E-state index in [1.54, 1.807) is 6.08 Å². The van der Waals surface area contributed by atoms with Gasteiger partial charge in [0, 0.05) is 0 Å². The van der Waals surface area contributed by atoms with Gasteiger partial charge in [-0.25, -0.2) is 0 Å². The van der Waals surface area contributed by atoms with Crippen LogP contribution >= 0.6 is 0 Å². The van der Waals surface area contributed by atoms with Gasteiger partial charge in [0.25, 0.3) is 0 Å². The van der Waals surface area contributed by atoms with E-state index in [1.807, 2.05) is 12.2 Å². The normalized spacial score (nSPS) is 19.4. The van der Waals surface area contributed by atoms with E-state index in [2.05, 4.69) is 47.8 Å². The first-order valence-electron chi connectivity index (χ1n) is 10.4. The molecule has 0 heterocycles. The standard InChI is InChI=1S/C9H18.C9H14.C6H12/c1-8(2)9-6-4-3-5-7-9;1-5-7-9(6-2)8(3)4;1-6-4-2-3-5-6/h8-9H,3-7H2,1-2H3;5-8H,1-2H2,3-4H3;6H,2-5H2,1H3/b;9-7+;. The summed E-state index contributed by atoms with van der Waals surface area (Å²) >= 11 is 0. The van der Waals surface area contributed by atoms with Crippen LogP contribution in [0.25, 0.3) is 0 Å². The van der Waals surface area contributed by atoms with Crippen LogP contribution in [0.1, 0.15) is 92.4 Å². The van der Waals surface area contributed by atoms with Crippen LogP contribution in [0.4, 0.5) is 0 Å². The zero-order valence-electron chi connectivity index (χ0n) is 17.3. The Kier molecular flexibility index (Phi) is 14.1. The van der Waals surface area contributed by atoms with Gasteiger partial charge in [0.2, 0.25) is 0 Å². The van der Waals surface area contributed by atoms with Crippen molar-refractivity contribution in [3.05, 3.63) is 37.0 Å². The summed E-state index contributed by atoms with van der Waals surface area (Å²) in [5, 5.41) is 0. The van der Waals surface area contributed by atoms with Crippen LogP contribution < -0.4 is 0 Å². The Balaban J connectivity index is 0.000000337. The molecule has 0 heteroatoms. The molecule has 0 aromatic heterocycles. The molecule has 0 saturated heterocycles. The maximum absolute atomic E-state index is 3.68. The van der Waals surface area contributed by atoms with E-state index in [1.165, 1.54) is 63.4 Å². The lowest BCUT2D eigenvalue weighted by Gasteiger charge is -2.24. The summed E-state index contributed by atoms with van der Waals surface area (Å²) in [7, 11) is 0. The van der Waals surface area contributed by atoms with Crippen LogP contribution in [-0.2, 0) is 0 Å². The molecular weight excluding hydrogens is 288 g/mol. The van der Waals surface area contributed by atoms with Gasteiger partial charge in [0.1, 0.15) is 0 Å². The lowest BCUT2D eigenvalue weighted by atomic mass is 9.82. The molecule has 0 radical (unpaired) electrons. The molecule has 2 aliphatic carbocycles. The fourth-order valence-corrected chi connectivity index (χ4v) is 3.56. The molecule has 0 nitrogen and oxygen atoms in total. The van der Waals surface area contributed by atoms with Crippen LogP contribution in [0.3, 0.4) is 0 Å². The van der Waals surface area contributed by atoms with E-state index in [0.29, 0.717) is 5.92 Å². The van der Waals surface area contributed by atoms with Crippen molar-refractivity contribution in [1.82, 2.24) is 0 Å². The lowest BCUT2D eigenvalue weighted by Crippen LogP contribution is -2.12. The van der Waals surface area contributed by atoms with Crippen LogP contribution in [0.15, 0.2) is 37.0 Å². The maximum atomic E-state index is 3.68. The molecule has 0 amide bonds. The van der Waals surface area contributed by atoms with Gasteiger partial charge < -0.3 is 0 Å². The summed E-state index contributed by atoms with van der Waals surface area (Å²) in [5.41, 5.74) is 1.24. The highest BCUT2D eigenvalue weighted by molar-refractivity contribution is 5.22. The Labute approximate surface area is 153 Å². The molecule has 0 aromatic carbocycles. The van der Waals surface area contributed by atoms with Gasteiger partial charge in [-0.05, 0) is 29.2 Å². The third-order valence-corrected chi connectivity index (χ3v) is 5.45. The van der Waals surface area contributed by atoms with Gasteiger partial charge >= 0.3 is 0 Å². The Morgan fingerprint density at radius 3 is 1.54 bits per heavy atom. The number of allylic oxidation sites excluding steroid dienone is 4. The SMILES string of the molecule is C=C/C=C(\C=C)C(C)C.CC(C)C1CCCCC1.CC1CCCC1. The van der Waals surface area contributed by atoms with E-state index in [9.17, 15) is 0 Å². The second-order valence-corrected chi connectivity index (χ2v) is 8.29. The highest BCUT2D eigenvalue weighted by Crippen LogP contribution is 2.29. The molecule has 0 aliphatic heterocycles. The van der Waals surface area contributed by atoms with Crippen molar-refractivity contribution in [1.29, 1.82) is 0 Å². The minimum atomic E-state index is 0.556. The van der Waals surface area contributed by atoms with Crippen molar-refractivity contribution >= 4 is 0 Å². The van der Waals surface area contributed by atoms with Gasteiger partial charge in [-0.3, -0.25) is 0 Å². The molecular formula is C24H44. The third-order valence-electron chi connectivity index (χ3n) is 5.45. The lowest BCUT2D eigenvalue weighted by molar-refractivity contribution is 0.279. The largest absolute Gasteiger partial charge is 0.0991 e. The minimum Gasteiger partial charge on any atom is -0.0991 e. The molecule has 0 atom stereocenters. The molecule has 2 aliphatic rings. The first-order chi connectivity index (χ1) is 11.4. The van der Waals surface area contributed by atoms with Crippen molar-refractivity contribution in [2.75, 3.05) is 0 Å². The fraction of sp³-hybridized carbons (Fsp3) is 0.750. The molecule has 0 aromatic rings. The molecule has 0 spiro atoms. The molecule has 2 saturated carbocycles. The summed E-state index contributed by atoms with van der Waals surface area (Å²) in [6.45, 7) is 18.6. The van der Waals surface area contributed by atoms with Gasteiger partial charge in [-0.2, -0.15) is 0 Å².